The Bertz CT molecular complexity index is 1360. The van der Waals surface area contributed by atoms with Crippen LogP contribution in [0.15, 0.2) is 78.9 Å². The first-order valence-electron chi connectivity index (χ1n) is 11.3. The number of hydrogen-bond donors (Lipinski definition) is 3. The van der Waals surface area contributed by atoms with Crippen LogP contribution in [0.5, 0.6) is 5.75 Å². The highest BCUT2D eigenvalue weighted by molar-refractivity contribution is 5.92. The van der Waals surface area contributed by atoms with Gasteiger partial charge in [0, 0.05) is 28.8 Å². The van der Waals surface area contributed by atoms with E-state index >= 15 is 0 Å². The summed E-state index contributed by atoms with van der Waals surface area (Å²) in [6.45, 7) is 1.86. The summed E-state index contributed by atoms with van der Waals surface area (Å²) in [4.78, 5) is 21.2. The van der Waals surface area contributed by atoms with E-state index < -0.39 is 11.7 Å². The van der Waals surface area contributed by atoms with E-state index in [0.717, 1.165) is 29.3 Å². The third-order valence-corrected chi connectivity index (χ3v) is 5.29. The molecule has 0 aliphatic heterocycles. The molecule has 0 fully saturated rings. The zero-order valence-corrected chi connectivity index (χ0v) is 20.1. The van der Waals surface area contributed by atoms with Gasteiger partial charge in [-0.2, -0.15) is 18.2 Å². The SMILES string of the molecule is COc1ccc(Nc2cc(C)nc(Nc3ccc(NC(=O)Cc4ccc(C(F)(F)F)cc4)cc3)n2)cc1. The summed E-state index contributed by atoms with van der Waals surface area (Å²) in [5, 5.41) is 9.11. The summed E-state index contributed by atoms with van der Waals surface area (Å²) < 4.78 is 43.3. The predicted octanol–water partition coefficient (Wildman–Crippen LogP) is 6.48. The number of nitrogens with zero attached hydrogens (tertiary/aromatic N) is 2. The van der Waals surface area contributed by atoms with Gasteiger partial charge >= 0.3 is 6.18 Å². The molecular weight excluding hydrogens is 483 g/mol. The van der Waals surface area contributed by atoms with Crippen molar-refractivity contribution in [3.8, 4) is 5.75 Å². The lowest BCUT2D eigenvalue weighted by atomic mass is 10.1. The second-order valence-electron chi connectivity index (χ2n) is 8.19. The van der Waals surface area contributed by atoms with Crippen molar-refractivity contribution in [2.45, 2.75) is 19.5 Å². The molecule has 0 unspecified atom stereocenters. The van der Waals surface area contributed by atoms with Gasteiger partial charge in [-0.3, -0.25) is 4.79 Å². The molecule has 0 atom stereocenters. The van der Waals surface area contributed by atoms with Crippen LogP contribution in [-0.4, -0.2) is 23.0 Å². The second-order valence-corrected chi connectivity index (χ2v) is 8.19. The molecule has 1 amide bonds. The number of alkyl halides is 3. The lowest BCUT2D eigenvalue weighted by Gasteiger charge is -2.11. The molecule has 190 valence electrons. The van der Waals surface area contributed by atoms with Gasteiger partial charge in [0.1, 0.15) is 11.6 Å². The van der Waals surface area contributed by atoms with Crippen molar-refractivity contribution in [3.63, 3.8) is 0 Å². The van der Waals surface area contributed by atoms with Gasteiger partial charge in [0.2, 0.25) is 11.9 Å². The molecule has 7 nitrogen and oxygen atoms in total. The zero-order valence-electron chi connectivity index (χ0n) is 20.1. The van der Waals surface area contributed by atoms with Crippen molar-refractivity contribution < 1.29 is 22.7 Å². The number of carbonyl (C=O) groups is 1. The van der Waals surface area contributed by atoms with Gasteiger partial charge in [-0.25, -0.2) is 4.98 Å². The first-order valence-corrected chi connectivity index (χ1v) is 11.3. The Hall–Kier alpha value is -4.60. The lowest BCUT2D eigenvalue weighted by molar-refractivity contribution is -0.137. The Morgan fingerprint density at radius 3 is 2.05 bits per heavy atom. The largest absolute Gasteiger partial charge is 0.497 e. The molecule has 3 aromatic carbocycles. The minimum Gasteiger partial charge on any atom is -0.497 e. The maximum Gasteiger partial charge on any atom is 0.416 e. The Morgan fingerprint density at radius 1 is 0.838 bits per heavy atom. The minimum absolute atomic E-state index is 0.0424. The summed E-state index contributed by atoms with van der Waals surface area (Å²) in [7, 11) is 1.61. The van der Waals surface area contributed by atoms with Gasteiger partial charge in [0.25, 0.3) is 0 Å². The van der Waals surface area contributed by atoms with Gasteiger partial charge in [-0.05, 0) is 73.2 Å². The topological polar surface area (TPSA) is 88.2 Å². The molecule has 0 saturated carbocycles. The van der Waals surface area contributed by atoms with Crippen molar-refractivity contribution >= 4 is 34.7 Å². The van der Waals surface area contributed by atoms with Gasteiger partial charge in [0.15, 0.2) is 0 Å². The smallest absolute Gasteiger partial charge is 0.416 e. The normalized spacial score (nSPS) is 11.1. The molecule has 0 spiro atoms. The number of benzene rings is 3. The number of hydrogen-bond acceptors (Lipinski definition) is 6. The predicted molar refractivity (Wildman–Crippen MR) is 137 cm³/mol. The molecule has 3 N–H and O–H groups in total. The first kappa shape index (κ1) is 25.5. The van der Waals surface area contributed by atoms with E-state index in [0.29, 0.717) is 28.7 Å². The summed E-state index contributed by atoms with van der Waals surface area (Å²) >= 11 is 0. The maximum absolute atomic E-state index is 12.7. The van der Waals surface area contributed by atoms with E-state index in [2.05, 4.69) is 25.9 Å². The number of nitrogens with one attached hydrogen (secondary N) is 3. The van der Waals surface area contributed by atoms with Gasteiger partial charge in [-0.1, -0.05) is 12.1 Å². The van der Waals surface area contributed by atoms with Crippen LogP contribution in [0.4, 0.5) is 42.0 Å². The van der Waals surface area contributed by atoms with Gasteiger partial charge in [-0.15, -0.1) is 0 Å². The van der Waals surface area contributed by atoms with E-state index in [1.807, 2.05) is 37.3 Å². The summed E-state index contributed by atoms with van der Waals surface area (Å²) in [5.74, 6) is 1.44. The monoisotopic (exact) mass is 507 g/mol. The molecule has 4 aromatic rings. The fourth-order valence-electron chi connectivity index (χ4n) is 3.48. The molecule has 10 heteroatoms. The van der Waals surface area contributed by atoms with Crippen LogP contribution in [0.3, 0.4) is 0 Å². The van der Waals surface area contributed by atoms with E-state index in [9.17, 15) is 18.0 Å². The third-order valence-electron chi connectivity index (χ3n) is 5.29. The molecule has 0 bridgehead atoms. The number of amides is 1. The van der Waals surface area contributed by atoms with Crippen molar-refractivity contribution in [3.05, 3.63) is 95.7 Å². The molecule has 4 rings (SSSR count). The van der Waals surface area contributed by atoms with Crippen LogP contribution in [-0.2, 0) is 17.4 Å². The van der Waals surface area contributed by atoms with Crippen molar-refractivity contribution in [2.75, 3.05) is 23.1 Å². The number of carbonyl (C=O) groups excluding carboxylic acids is 1. The highest BCUT2D eigenvalue weighted by atomic mass is 19.4. The van der Waals surface area contributed by atoms with Crippen LogP contribution >= 0.6 is 0 Å². The standard InChI is InChI=1S/C27H24F3N5O2/c1-17-15-24(32-20-11-13-23(37-2)14-12-20)35-26(31-17)34-22-9-7-21(8-10-22)33-25(36)16-18-3-5-19(6-4-18)27(28,29)30/h3-15H,16H2,1-2H3,(H,33,36)(H2,31,32,34,35). The van der Waals surface area contributed by atoms with Crippen LogP contribution in [0.2, 0.25) is 0 Å². The third kappa shape index (κ3) is 7.20. The quantitative estimate of drug-likeness (QED) is 0.253. The number of rotatable bonds is 8. The molecule has 0 radical (unpaired) electrons. The van der Waals surface area contributed by atoms with Crippen molar-refractivity contribution in [1.82, 2.24) is 9.97 Å². The molecular formula is C27H24F3N5O2. The number of methoxy groups -OCH3 is 1. The van der Waals surface area contributed by atoms with E-state index in [4.69, 9.17) is 4.74 Å². The van der Waals surface area contributed by atoms with Crippen LogP contribution in [0.25, 0.3) is 0 Å². The van der Waals surface area contributed by atoms with Gasteiger partial charge < -0.3 is 20.7 Å². The summed E-state index contributed by atoms with van der Waals surface area (Å²) in [6, 6.07) is 20.8. The number of anilines is 5. The summed E-state index contributed by atoms with van der Waals surface area (Å²) in [6.07, 6.45) is -4.45. The van der Waals surface area contributed by atoms with E-state index in [1.54, 1.807) is 31.4 Å². The zero-order chi connectivity index (χ0) is 26.4. The van der Waals surface area contributed by atoms with E-state index in [1.165, 1.54) is 12.1 Å². The molecule has 1 aromatic heterocycles. The second kappa shape index (κ2) is 11.0. The fourth-order valence-corrected chi connectivity index (χ4v) is 3.48. The number of halogens is 3. The Labute approximate surface area is 211 Å². The first-order chi connectivity index (χ1) is 17.7. The number of ether oxygens (including phenoxy) is 1. The average Bonchev–Trinajstić information content (AvgIpc) is 2.85. The highest BCUT2D eigenvalue weighted by Crippen LogP contribution is 2.29. The van der Waals surface area contributed by atoms with E-state index in [-0.39, 0.29) is 12.3 Å². The average molecular weight is 508 g/mol. The molecule has 0 saturated heterocycles. The van der Waals surface area contributed by atoms with Crippen molar-refractivity contribution in [2.24, 2.45) is 0 Å². The van der Waals surface area contributed by atoms with Crippen LogP contribution in [0.1, 0.15) is 16.8 Å². The Balaban J connectivity index is 1.35. The Morgan fingerprint density at radius 2 is 1.43 bits per heavy atom. The van der Waals surface area contributed by atoms with Crippen LogP contribution in [0, 0.1) is 6.92 Å². The van der Waals surface area contributed by atoms with Crippen LogP contribution < -0.4 is 20.7 Å². The molecule has 0 aliphatic carbocycles. The Kier molecular flexibility index (Phi) is 7.57. The lowest BCUT2D eigenvalue weighted by Crippen LogP contribution is -2.14. The fraction of sp³-hybridized carbons (Fsp3) is 0.148. The number of aromatic nitrogens is 2. The molecule has 0 aliphatic rings. The molecule has 37 heavy (non-hydrogen) atoms. The molecule has 1 heterocycles. The number of aryl methyl sites for hydroxylation is 1. The van der Waals surface area contributed by atoms with Crippen molar-refractivity contribution in [1.29, 1.82) is 0 Å². The highest BCUT2D eigenvalue weighted by Gasteiger charge is 2.29. The maximum atomic E-state index is 12.7. The summed E-state index contributed by atoms with van der Waals surface area (Å²) in [5.41, 5.74) is 2.61. The van der Waals surface area contributed by atoms with Gasteiger partial charge in [0.05, 0.1) is 19.1 Å². The minimum atomic E-state index is -4.41.